The number of nitrogens with one attached hydrogen (secondary N) is 1. The first-order valence-electron chi connectivity index (χ1n) is 7.32. The van der Waals surface area contributed by atoms with Crippen molar-refractivity contribution in [1.29, 1.82) is 0 Å². The molecule has 1 fully saturated rings. The van der Waals surface area contributed by atoms with Crippen molar-refractivity contribution < 1.29 is 9.53 Å². The van der Waals surface area contributed by atoms with Crippen molar-refractivity contribution in [2.45, 2.75) is 38.3 Å². The minimum absolute atomic E-state index is 0.0855. The first-order chi connectivity index (χ1) is 10.5. The molecule has 0 saturated carbocycles. The van der Waals surface area contributed by atoms with Crippen LogP contribution in [0.3, 0.4) is 0 Å². The van der Waals surface area contributed by atoms with E-state index in [1.807, 2.05) is 26.0 Å². The van der Waals surface area contributed by atoms with Crippen LogP contribution in [0.25, 0.3) is 5.69 Å². The number of hydrogen-bond acceptors (Lipinski definition) is 5. The molecule has 1 amide bonds. The summed E-state index contributed by atoms with van der Waals surface area (Å²) in [6, 6.07) is 7.36. The van der Waals surface area contributed by atoms with Crippen LogP contribution in [0, 0.1) is 0 Å². The van der Waals surface area contributed by atoms with Crippen LogP contribution in [-0.2, 0) is 4.74 Å². The molecule has 0 unspecified atom stereocenters. The van der Waals surface area contributed by atoms with Gasteiger partial charge in [0.2, 0.25) is 0 Å². The van der Waals surface area contributed by atoms with E-state index >= 15 is 0 Å². The lowest BCUT2D eigenvalue weighted by molar-refractivity contribution is -0.0615. The van der Waals surface area contributed by atoms with Crippen molar-refractivity contribution in [2.75, 3.05) is 6.61 Å². The molecule has 2 aromatic rings. The van der Waals surface area contributed by atoms with Gasteiger partial charge in [0.25, 0.3) is 5.91 Å². The minimum Gasteiger partial charge on any atom is -0.375 e. The third kappa shape index (κ3) is 3.30. The first kappa shape index (κ1) is 14.6. The van der Waals surface area contributed by atoms with E-state index in [1.165, 1.54) is 11.0 Å². The van der Waals surface area contributed by atoms with Crippen LogP contribution in [-0.4, -0.2) is 44.4 Å². The smallest absolute Gasteiger partial charge is 0.251 e. The van der Waals surface area contributed by atoms with Crippen LogP contribution in [0.4, 0.5) is 0 Å². The highest BCUT2D eigenvalue weighted by atomic mass is 16.5. The average Bonchev–Trinajstić information content (AvgIpc) is 3.00. The summed E-state index contributed by atoms with van der Waals surface area (Å²) < 4.78 is 7.20. The van der Waals surface area contributed by atoms with Crippen LogP contribution in [0.1, 0.15) is 37.0 Å². The SMILES string of the molecule is CC1(C)C[C@@H](NC(=O)c2cccc(-n3cnnn3)c2)CCO1. The Morgan fingerprint density at radius 1 is 1.45 bits per heavy atom. The van der Waals surface area contributed by atoms with Gasteiger partial charge in [0.05, 0.1) is 11.3 Å². The van der Waals surface area contributed by atoms with E-state index in [4.69, 9.17) is 4.74 Å². The molecule has 1 aliphatic heterocycles. The van der Waals surface area contributed by atoms with Crippen LogP contribution < -0.4 is 5.32 Å². The van der Waals surface area contributed by atoms with Gasteiger partial charge in [-0.1, -0.05) is 6.07 Å². The van der Waals surface area contributed by atoms with Gasteiger partial charge in [-0.25, -0.2) is 4.68 Å². The minimum atomic E-state index is -0.190. The number of tetrazole rings is 1. The zero-order valence-electron chi connectivity index (χ0n) is 12.7. The number of benzene rings is 1. The fraction of sp³-hybridized carbons (Fsp3) is 0.467. The highest BCUT2D eigenvalue weighted by Gasteiger charge is 2.29. The summed E-state index contributed by atoms with van der Waals surface area (Å²) in [6.45, 7) is 4.76. The monoisotopic (exact) mass is 301 g/mol. The number of ether oxygens (including phenoxy) is 1. The molecule has 1 aromatic heterocycles. The second-order valence-corrected chi connectivity index (χ2v) is 6.08. The predicted octanol–water partition coefficient (Wildman–Crippen LogP) is 1.35. The molecule has 22 heavy (non-hydrogen) atoms. The number of aromatic nitrogens is 4. The number of hydrogen-bond donors (Lipinski definition) is 1. The van der Waals surface area contributed by atoms with E-state index in [0.717, 1.165) is 18.5 Å². The van der Waals surface area contributed by atoms with Gasteiger partial charge in [-0.15, -0.1) is 5.10 Å². The first-order valence-corrected chi connectivity index (χ1v) is 7.32. The Kier molecular flexibility index (Phi) is 3.89. The molecule has 0 bridgehead atoms. The van der Waals surface area contributed by atoms with Crippen molar-refractivity contribution >= 4 is 5.91 Å². The predicted molar refractivity (Wildman–Crippen MR) is 79.7 cm³/mol. The van der Waals surface area contributed by atoms with Gasteiger partial charge in [-0.05, 0) is 55.3 Å². The Hall–Kier alpha value is -2.28. The highest BCUT2D eigenvalue weighted by Crippen LogP contribution is 2.24. The van der Waals surface area contributed by atoms with E-state index in [1.54, 1.807) is 12.1 Å². The third-order valence-electron chi connectivity index (χ3n) is 3.75. The average molecular weight is 301 g/mol. The summed E-state index contributed by atoms with van der Waals surface area (Å²) >= 11 is 0. The van der Waals surface area contributed by atoms with E-state index < -0.39 is 0 Å². The topological polar surface area (TPSA) is 81.9 Å². The Bertz CT molecular complexity index is 654. The third-order valence-corrected chi connectivity index (χ3v) is 3.75. The summed E-state index contributed by atoms with van der Waals surface area (Å²) in [7, 11) is 0. The number of rotatable bonds is 3. The highest BCUT2D eigenvalue weighted by molar-refractivity contribution is 5.94. The molecule has 116 valence electrons. The van der Waals surface area contributed by atoms with Crippen molar-refractivity contribution in [1.82, 2.24) is 25.5 Å². The fourth-order valence-corrected chi connectivity index (χ4v) is 2.69. The van der Waals surface area contributed by atoms with Crippen molar-refractivity contribution in [3.05, 3.63) is 36.2 Å². The van der Waals surface area contributed by atoms with Crippen LogP contribution in [0.2, 0.25) is 0 Å². The second kappa shape index (κ2) is 5.84. The summed E-state index contributed by atoms with van der Waals surface area (Å²) in [5.41, 5.74) is 1.16. The largest absolute Gasteiger partial charge is 0.375 e. The Morgan fingerprint density at radius 2 is 2.32 bits per heavy atom. The molecule has 7 heteroatoms. The van der Waals surface area contributed by atoms with Gasteiger partial charge >= 0.3 is 0 Å². The molecular weight excluding hydrogens is 282 g/mol. The maximum absolute atomic E-state index is 12.4. The number of carbonyl (C=O) groups excluding carboxylic acids is 1. The second-order valence-electron chi connectivity index (χ2n) is 6.08. The molecule has 0 spiro atoms. The van der Waals surface area contributed by atoms with Crippen LogP contribution >= 0.6 is 0 Å². The van der Waals surface area contributed by atoms with Crippen LogP contribution in [0.15, 0.2) is 30.6 Å². The van der Waals surface area contributed by atoms with E-state index in [0.29, 0.717) is 12.2 Å². The van der Waals surface area contributed by atoms with Gasteiger partial charge < -0.3 is 10.1 Å². The molecule has 1 aromatic carbocycles. The van der Waals surface area contributed by atoms with Crippen molar-refractivity contribution in [3.63, 3.8) is 0 Å². The Morgan fingerprint density at radius 3 is 3.05 bits per heavy atom. The molecule has 1 saturated heterocycles. The van der Waals surface area contributed by atoms with Gasteiger partial charge in [0.15, 0.2) is 0 Å². The Labute approximate surface area is 128 Å². The zero-order valence-corrected chi connectivity index (χ0v) is 12.7. The Balaban J connectivity index is 1.71. The summed E-state index contributed by atoms with van der Waals surface area (Å²) in [6.07, 6.45) is 3.14. The molecular formula is C15H19N5O2. The molecule has 0 radical (unpaired) electrons. The van der Waals surface area contributed by atoms with Crippen molar-refractivity contribution in [3.8, 4) is 5.69 Å². The zero-order chi connectivity index (χ0) is 15.6. The maximum atomic E-state index is 12.4. The summed E-state index contributed by atoms with van der Waals surface area (Å²) in [5.74, 6) is -0.0855. The summed E-state index contributed by atoms with van der Waals surface area (Å²) in [4.78, 5) is 12.4. The van der Waals surface area contributed by atoms with E-state index in [-0.39, 0.29) is 17.6 Å². The molecule has 0 aliphatic carbocycles. The number of amides is 1. The summed E-state index contributed by atoms with van der Waals surface area (Å²) in [5, 5.41) is 14.1. The molecule has 1 N–H and O–H groups in total. The normalized spacial score (nSPS) is 20.5. The molecule has 1 aliphatic rings. The lowest BCUT2D eigenvalue weighted by atomic mass is 9.94. The maximum Gasteiger partial charge on any atom is 0.251 e. The molecule has 2 heterocycles. The molecule has 7 nitrogen and oxygen atoms in total. The molecule has 3 rings (SSSR count). The van der Waals surface area contributed by atoms with Gasteiger partial charge in [-0.3, -0.25) is 4.79 Å². The van der Waals surface area contributed by atoms with Gasteiger partial charge in [0.1, 0.15) is 6.33 Å². The quantitative estimate of drug-likeness (QED) is 0.925. The van der Waals surface area contributed by atoms with Crippen LogP contribution in [0.5, 0.6) is 0 Å². The van der Waals surface area contributed by atoms with Crippen molar-refractivity contribution in [2.24, 2.45) is 0 Å². The number of carbonyl (C=O) groups is 1. The molecule has 1 atom stereocenters. The van der Waals surface area contributed by atoms with E-state index in [2.05, 4.69) is 20.8 Å². The lowest BCUT2D eigenvalue weighted by Gasteiger charge is -2.35. The van der Waals surface area contributed by atoms with E-state index in [9.17, 15) is 4.79 Å². The standard InChI is InChI=1S/C15H19N5O2/c1-15(2)9-12(6-7-22-15)17-14(21)11-4-3-5-13(8-11)20-10-16-18-19-20/h3-5,8,10,12H,6-7,9H2,1-2H3,(H,17,21)/t12-/m0/s1. The van der Waals surface area contributed by atoms with Gasteiger partial charge in [-0.2, -0.15) is 0 Å². The number of nitrogens with zero attached hydrogens (tertiary/aromatic N) is 4. The fourth-order valence-electron chi connectivity index (χ4n) is 2.69. The lowest BCUT2D eigenvalue weighted by Crippen LogP contribution is -2.45. The van der Waals surface area contributed by atoms with Gasteiger partial charge in [0, 0.05) is 18.2 Å².